The maximum absolute atomic E-state index is 12.3. The third kappa shape index (κ3) is 3.51. The molecule has 3 aromatic rings. The Morgan fingerprint density at radius 1 is 1.30 bits per heavy atom. The van der Waals surface area contributed by atoms with E-state index in [4.69, 9.17) is 16.3 Å². The van der Waals surface area contributed by atoms with Gasteiger partial charge in [0.2, 0.25) is 0 Å². The van der Waals surface area contributed by atoms with Crippen LogP contribution in [0.4, 0.5) is 10.8 Å². The molecule has 1 aliphatic rings. The Kier molecular flexibility index (Phi) is 4.55. The molecule has 0 radical (unpaired) electrons. The van der Waals surface area contributed by atoms with Crippen LogP contribution in [0.1, 0.15) is 17.3 Å². The lowest BCUT2D eigenvalue weighted by molar-refractivity contribution is -0.122. The summed E-state index contributed by atoms with van der Waals surface area (Å²) < 4.78 is 5.55. The number of ether oxygens (including phenoxy) is 1. The van der Waals surface area contributed by atoms with E-state index in [2.05, 4.69) is 15.6 Å². The van der Waals surface area contributed by atoms with Gasteiger partial charge in [-0.05, 0) is 37.3 Å². The summed E-state index contributed by atoms with van der Waals surface area (Å²) in [7, 11) is 0. The highest BCUT2D eigenvalue weighted by Crippen LogP contribution is 2.35. The minimum absolute atomic E-state index is 0.189. The van der Waals surface area contributed by atoms with Crippen LogP contribution in [0.3, 0.4) is 0 Å². The van der Waals surface area contributed by atoms with Gasteiger partial charge >= 0.3 is 0 Å². The zero-order valence-electron chi connectivity index (χ0n) is 14.2. The van der Waals surface area contributed by atoms with Crippen molar-refractivity contribution >= 4 is 45.6 Å². The minimum Gasteiger partial charge on any atom is -0.479 e. The van der Waals surface area contributed by atoms with E-state index in [1.54, 1.807) is 43.3 Å². The first kappa shape index (κ1) is 17.5. The second-order valence-corrected chi connectivity index (χ2v) is 7.20. The van der Waals surface area contributed by atoms with Crippen molar-refractivity contribution < 1.29 is 14.3 Å². The lowest BCUT2D eigenvalue weighted by Crippen LogP contribution is -2.34. The van der Waals surface area contributed by atoms with Crippen molar-refractivity contribution in [1.82, 2.24) is 4.98 Å². The Balaban J connectivity index is 1.55. The van der Waals surface area contributed by atoms with Gasteiger partial charge in [0.1, 0.15) is 5.75 Å². The lowest BCUT2D eigenvalue weighted by atomic mass is 10.1. The number of fused-ring (bicyclic) bond motifs is 1. The van der Waals surface area contributed by atoms with E-state index in [0.717, 1.165) is 5.56 Å². The van der Waals surface area contributed by atoms with E-state index < -0.39 is 6.10 Å². The predicted octanol–water partition coefficient (Wildman–Crippen LogP) is 4.44. The van der Waals surface area contributed by atoms with Crippen LogP contribution in [0.15, 0.2) is 47.8 Å². The number of amides is 2. The topological polar surface area (TPSA) is 80.3 Å². The van der Waals surface area contributed by atoms with Crippen molar-refractivity contribution in [3.8, 4) is 17.0 Å². The summed E-state index contributed by atoms with van der Waals surface area (Å²) in [5.74, 6) is 0.112. The SMILES string of the molecule is CC1Oc2ccc(-c3csc(NC(=O)c4ccccc4Cl)n3)cc2NC1=O. The molecule has 1 atom stereocenters. The van der Waals surface area contributed by atoms with E-state index in [1.165, 1.54) is 11.3 Å². The van der Waals surface area contributed by atoms with Crippen LogP contribution in [0.25, 0.3) is 11.3 Å². The second-order valence-electron chi connectivity index (χ2n) is 5.93. The van der Waals surface area contributed by atoms with Gasteiger partial charge in [-0.1, -0.05) is 23.7 Å². The van der Waals surface area contributed by atoms with E-state index >= 15 is 0 Å². The highest BCUT2D eigenvalue weighted by Gasteiger charge is 2.24. The summed E-state index contributed by atoms with van der Waals surface area (Å²) in [6.07, 6.45) is -0.519. The van der Waals surface area contributed by atoms with Gasteiger partial charge in [-0.3, -0.25) is 14.9 Å². The largest absolute Gasteiger partial charge is 0.479 e. The number of hydrogen-bond donors (Lipinski definition) is 2. The number of rotatable bonds is 3. The molecule has 1 aromatic heterocycles. The standard InChI is InChI=1S/C19H14ClN3O3S/c1-10-17(24)21-14-8-11(6-7-16(14)26-10)15-9-27-19(22-15)23-18(25)12-4-2-3-5-13(12)20/h2-10H,1H3,(H,21,24)(H,22,23,25). The smallest absolute Gasteiger partial charge is 0.265 e. The van der Waals surface area contributed by atoms with Crippen molar-refractivity contribution in [3.05, 3.63) is 58.4 Å². The molecule has 4 rings (SSSR count). The molecule has 1 unspecified atom stereocenters. The fourth-order valence-corrected chi connectivity index (χ4v) is 3.58. The molecule has 0 saturated heterocycles. The van der Waals surface area contributed by atoms with Crippen molar-refractivity contribution in [1.29, 1.82) is 0 Å². The number of hydrogen-bond acceptors (Lipinski definition) is 5. The number of aromatic nitrogens is 1. The Morgan fingerprint density at radius 2 is 2.11 bits per heavy atom. The van der Waals surface area contributed by atoms with Gasteiger partial charge in [0.05, 0.1) is 22.0 Å². The van der Waals surface area contributed by atoms with Crippen LogP contribution in [0.5, 0.6) is 5.75 Å². The molecule has 0 spiro atoms. The highest BCUT2D eigenvalue weighted by molar-refractivity contribution is 7.14. The fourth-order valence-electron chi connectivity index (χ4n) is 2.64. The molecule has 2 N–H and O–H groups in total. The second kappa shape index (κ2) is 7.02. The first-order valence-corrected chi connectivity index (χ1v) is 9.40. The Hall–Kier alpha value is -2.90. The van der Waals surface area contributed by atoms with Crippen LogP contribution in [-0.4, -0.2) is 22.9 Å². The maximum atomic E-state index is 12.3. The third-order valence-corrected chi connectivity index (χ3v) is 5.14. The van der Waals surface area contributed by atoms with Crippen LogP contribution in [0.2, 0.25) is 5.02 Å². The van der Waals surface area contributed by atoms with E-state index in [-0.39, 0.29) is 11.8 Å². The Morgan fingerprint density at radius 3 is 2.93 bits per heavy atom. The van der Waals surface area contributed by atoms with Gasteiger partial charge in [0.25, 0.3) is 11.8 Å². The van der Waals surface area contributed by atoms with E-state index in [1.807, 2.05) is 11.4 Å². The molecular weight excluding hydrogens is 386 g/mol. The number of halogens is 1. The molecule has 0 bridgehead atoms. The number of thiazole rings is 1. The average molecular weight is 400 g/mol. The zero-order chi connectivity index (χ0) is 19.0. The van der Waals surface area contributed by atoms with Gasteiger partial charge in [-0.15, -0.1) is 11.3 Å². The van der Waals surface area contributed by atoms with Crippen molar-refractivity contribution in [2.75, 3.05) is 10.6 Å². The lowest BCUT2D eigenvalue weighted by Gasteiger charge is -2.23. The first-order valence-electron chi connectivity index (χ1n) is 8.14. The number of benzene rings is 2. The minimum atomic E-state index is -0.519. The summed E-state index contributed by atoms with van der Waals surface area (Å²) in [5, 5.41) is 8.24. The third-order valence-electron chi connectivity index (χ3n) is 4.05. The van der Waals surface area contributed by atoms with Gasteiger partial charge in [0.15, 0.2) is 11.2 Å². The molecule has 27 heavy (non-hydrogen) atoms. The van der Waals surface area contributed by atoms with Crippen molar-refractivity contribution in [2.45, 2.75) is 13.0 Å². The van der Waals surface area contributed by atoms with Crippen LogP contribution >= 0.6 is 22.9 Å². The normalized spacial score (nSPS) is 15.5. The van der Waals surface area contributed by atoms with Crippen molar-refractivity contribution in [2.24, 2.45) is 0 Å². The van der Waals surface area contributed by atoms with Crippen molar-refractivity contribution in [3.63, 3.8) is 0 Å². The Labute approximate surface area is 164 Å². The fraction of sp³-hybridized carbons (Fsp3) is 0.105. The number of anilines is 2. The highest BCUT2D eigenvalue weighted by atomic mass is 35.5. The molecular formula is C19H14ClN3O3S. The molecule has 0 saturated carbocycles. The number of carbonyl (C=O) groups is 2. The quantitative estimate of drug-likeness (QED) is 0.682. The van der Waals surface area contributed by atoms with Gasteiger partial charge in [-0.2, -0.15) is 0 Å². The Bertz CT molecular complexity index is 1050. The predicted molar refractivity (Wildman–Crippen MR) is 106 cm³/mol. The maximum Gasteiger partial charge on any atom is 0.265 e. The van der Waals surface area contributed by atoms with Gasteiger partial charge in [0, 0.05) is 10.9 Å². The molecule has 8 heteroatoms. The molecule has 1 aliphatic heterocycles. The van der Waals surface area contributed by atoms with E-state index in [9.17, 15) is 9.59 Å². The molecule has 0 fully saturated rings. The molecule has 2 amide bonds. The molecule has 0 aliphatic carbocycles. The van der Waals surface area contributed by atoms with Crippen LogP contribution in [0, 0.1) is 0 Å². The van der Waals surface area contributed by atoms with E-state index in [0.29, 0.717) is 32.8 Å². The van der Waals surface area contributed by atoms with Crippen LogP contribution < -0.4 is 15.4 Å². The average Bonchev–Trinajstić information content (AvgIpc) is 3.11. The molecule has 2 aromatic carbocycles. The number of nitrogens with one attached hydrogen (secondary N) is 2. The molecule has 136 valence electrons. The van der Waals surface area contributed by atoms with Gasteiger partial charge in [-0.25, -0.2) is 4.98 Å². The first-order chi connectivity index (χ1) is 13.0. The summed E-state index contributed by atoms with van der Waals surface area (Å²) in [6.45, 7) is 1.70. The zero-order valence-corrected chi connectivity index (χ0v) is 15.7. The van der Waals surface area contributed by atoms with Gasteiger partial charge < -0.3 is 10.1 Å². The summed E-state index contributed by atoms with van der Waals surface area (Å²) in [5.41, 5.74) is 2.48. The van der Waals surface area contributed by atoms with Crippen LogP contribution in [-0.2, 0) is 4.79 Å². The molecule has 2 heterocycles. The number of nitrogens with zero attached hydrogens (tertiary/aromatic N) is 1. The summed E-state index contributed by atoms with van der Waals surface area (Å²) >= 11 is 7.36. The monoisotopic (exact) mass is 399 g/mol. The summed E-state index contributed by atoms with van der Waals surface area (Å²) in [4.78, 5) is 28.6. The number of carbonyl (C=O) groups excluding carboxylic acids is 2. The summed E-state index contributed by atoms with van der Waals surface area (Å²) in [6, 6.07) is 12.3. The molecule has 6 nitrogen and oxygen atoms in total.